The van der Waals surface area contributed by atoms with Gasteiger partial charge in [0.25, 0.3) is 0 Å². The molecule has 4 rings (SSSR count). The van der Waals surface area contributed by atoms with Gasteiger partial charge in [0.05, 0.1) is 12.5 Å². The minimum Gasteiger partial charge on any atom is -0.345 e. The van der Waals surface area contributed by atoms with E-state index in [2.05, 4.69) is 16.9 Å². The molecule has 0 N–H and O–H groups in total. The Morgan fingerprint density at radius 2 is 2.20 bits per heavy atom. The van der Waals surface area contributed by atoms with Gasteiger partial charge in [0.1, 0.15) is 5.01 Å². The molecular weight excluding hydrogens is 336 g/mol. The molecule has 3 fully saturated rings. The molecule has 1 spiro atoms. The first-order chi connectivity index (χ1) is 12.0. The Morgan fingerprint density at radius 3 is 2.80 bits per heavy atom. The van der Waals surface area contributed by atoms with Crippen LogP contribution in [0.1, 0.15) is 30.7 Å². The maximum atomic E-state index is 12.7. The lowest BCUT2D eigenvalue weighted by atomic mass is 9.91. The molecule has 1 aromatic rings. The molecule has 6 nitrogen and oxygen atoms in total. The van der Waals surface area contributed by atoms with Gasteiger partial charge in [0.15, 0.2) is 0 Å². The zero-order chi connectivity index (χ0) is 17.6. The van der Waals surface area contributed by atoms with Gasteiger partial charge in [-0.2, -0.15) is 0 Å². The Morgan fingerprint density at radius 1 is 1.44 bits per heavy atom. The third-order valence-electron chi connectivity index (χ3n) is 6.31. The van der Waals surface area contributed by atoms with E-state index >= 15 is 0 Å². The van der Waals surface area contributed by atoms with Crippen molar-refractivity contribution in [2.24, 2.45) is 11.3 Å². The van der Waals surface area contributed by atoms with Crippen LogP contribution in [0.25, 0.3) is 0 Å². The van der Waals surface area contributed by atoms with E-state index in [9.17, 15) is 9.59 Å². The fraction of sp³-hybridized carbons (Fsp3) is 0.722. The van der Waals surface area contributed by atoms with Crippen LogP contribution in [0.3, 0.4) is 0 Å². The number of nitrogens with zero attached hydrogens (tertiary/aromatic N) is 4. The molecule has 2 atom stereocenters. The lowest BCUT2D eigenvalue weighted by Crippen LogP contribution is -2.44. The Kier molecular flexibility index (Phi) is 4.32. The van der Waals surface area contributed by atoms with Crippen LogP contribution in [0, 0.1) is 11.3 Å². The topological polar surface area (TPSA) is 56.8 Å². The van der Waals surface area contributed by atoms with Crippen LogP contribution in [0.5, 0.6) is 0 Å². The van der Waals surface area contributed by atoms with Crippen LogP contribution < -0.4 is 0 Å². The molecule has 1 saturated carbocycles. The number of thiazole rings is 1. The third-order valence-corrected chi connectivity index (χ3v) is 7.07. The molecule has 1 aromatic heterocycles. The summed E-state index contributed by atoms with van der Waals surface area (Å²) in [6.07, 6.45) is 5.66. The van der Waals surface area contributed by atoms with E-state index in [0.717, 1.165) is 32.5 Å². The van der Waals surface area contributed by atoms with Crippen molar-refractivity contribution in [3.8, 4) is 0 Å². The summed E-state index contributed by atoms with van der Waals surface area (Å²) in [7, 11) is 3.98. The summed E-state index contributed by atoms with van der Waals surface area (Å²) < 4.78 is 0. The Hall–Kier alpha value is -1.47. The van der Waals surface area contributed by atoms with Crippen LogP contribution >= 0.6 is 11.3 Å². The highest BCUT2D eigenvalue weighted by Crippen LogP contribution is 2.56. The van der Waals surface area contributed by atoms with E-state index in [1.807, 2.05) is 16.5 Å². The zero-order valence-electron chi connectivity index (χ0n) is 15.0. The van der Waals surface area contributed by atoms with Crippen molar-refractivity contribution >= 4 is 23.2 Å². The number of hydrogen-bond donors (Lipinski definition) is 0. The van der Waals surface area contributed by atoms with Gasteiger partial charge in [-0.1, -0.05) is 0 Å². The van der Waals surface area contributed by atoms with Crippen LogP contribution in [0.4, 0.5) is 0 Å². The number of amides is 2. The van der Waals surface area contributed by atoms with Crippen LogP contribution in [-0.4, -0.2) is 71.3 Å². The second-order valence-corrected chi connectivity index (χ2v) is 8.90. The summed E-state index contributed by atoms with van der Waals surface area (Å²) in [5.74, 6) is 0.146. The Balaban J connectivity index is 1.29. The van der Waals surface area contributed by atoms with E-state index in [1.54, 1.807) is 23.3 Å². The molecule has 1 aliphatic carbocycles. The standard InChI is InChI=1S/C18H26N4O2S/c1-20(12-15-19-5-8-25-15)14-10-18(14)3-6-22(7-4-18)17(24)13-9-16(23)21(2)11-13/h5,8,13-14H,3-4,6-7,9-12H2,1-2H3/t13-,14-/m1/s1. The van der Waals surface area contributed by atoms with Crippen molar-refractivity contribution in [2.75, 3.05) is 33.7 Å². The highest BCUT2D eigenvalue weighted by atomic mass is 32.1. The summed E-state index contributed by atoms with van der Waals surface area (Å²) in [4.78, 5) is 34.9. The predicted octanol–water partition coefficient (Wildman–Crippen LogP) is 1.43. The first-order valence-electron chi connectivity index (χ1n) is 9.10. The lowest BCUT2D eigenvalue weighted by Gasteiger charge is -2.35. The zero-order valence-corrected chi connectivity index (χ0v) is 15.8. The third kappa shape index (κ3) is 3.19. The monoisotopic (exact) mass is 362 g/mol. The van der Waals surface area contributed by atoms with Gasteiger partial charge >= 0.3 is 0 Å². The molecule has 2 amide bonds. The molecule has 0 radical (unpaired) electrons. The maximum absolute atomic E-state index is 12.7. The molecule has 7 heteroatoms. The van der Waals surface area contributed by atoms with Crippen molar-refractivity contribution in [3.63, 3.8) is 0 Å². The van der Waals surface area contributed by atoms with E-state index < -0.39 is 0 Å². The lowest BCUT2D eigenvalue weighted by molar-refractivity contribution is -0.137. The molecule has 25 heavy (non-hydrogen) atoms. The Labute approximate surface area is 152 Å². The van der Waals surface area contributed by atoms with Gasteiger partial charge in [0.2, 0.25) is 11.8 Å². The quantitative estimate of drug-likeness (QED) is 0.813. The van der Waals surface area contributed by atoms with Crippen molar-refractivity contribution in [3.05, 3.63) is 16.6 Å². The summed E-state index contributed by atoms with van der Waals surface area (Å²) >= 11 is 1.71. The smallest absolute Gasteiger partial charge is 0.227 e. The van der Waals surface area contributed by atoms with Crippen molar-refractivity contribution in [1.29, 1.82) is 0 Å². The van der Waals surface area contributed by atoms with Crippen LogP contribution in [0.15, 0.2) is 11.6 Å². The average Bonchev–Trinajstić information content (AvgIpc) is 2.92. The van der Waals surface area contributed by atoms with E-state index in [0.29, 0.717) is 24.4 Å². The van der Waals surface area contributed by atoms with E-state index in [-0.39, 0.29) is 17.7 Å². The number of carbonyl (C=O) groups excluding carboxylic acids is 2. The highest BCUT2D eigenvalue weighted by Gasteiger charge is 2.57. The Bertz CT molecular complexity index is 654. The number of rotatable bonds is 4. The second-order valence-electron chi connectivity index (χ2n) is 7.92. The molecule has 0 unspecified atom stereocenters. The van der Waals surface area contributed by atoms with Crippen molar-refractivity contribution in [2.45, 2.75) is 38.3 Å². The van der Waals surface area contributed by atoms with Gasteiger partial charge < -0.3 is 9.80 Å². The summed E-state index contributed by atoms with van der Waals surface area (Å²) in [6.45, 7) is 3.19. The number of aromatic nitrogens is 1. The number of carbonyl (C=O) groups is 2. The number of likely N-dealkylation sites (tertiary alicyclic amines) is 2. The van der Waals surface area contributed by atoms with Gasteiger partial charge in [-0.3, -0.25) is 14.5 Å². The summed E-state index contributed by atoms with van der Waals surface area (Å²) in [5.41, 5.74) is 0.394. The first-order valence-corrected chi connectivity index (χ1v) is 9.98. The van der Waals surface area contributed by atoms with Crippen LogP contribution in [0.2, 0.25) is 0 Å². The van der Waals surface area contributed by atoms with Gasteiger partial charge in [-0.05, 0) is 31.7 Å². The van der Waals surface area contributed by atoms with Crippen molar-refractivity contribution < 1.29 is 9.59 Å². The van der Waals surface area contributed by atoms with Gasteiger partial charge in [-0.15, -0.1) is 11.3 Å². The molecule has 136 valence electrons. The van der Waals surface area contributed by atoms with Crippen LogP contribution in [-0.2, 0) is 16.1 Å². The van der Waals surface area contributed by atoms with E-state index in [1.165, 1.54) is 11.4 Å². The molecular formula is C18H26N4O2S. The molecule has 0 aromatic carbocycles. The number of hydrogen-bond acceptors (Lipinski definition) is 5. The number of piperidine rings is 1. The molecule has 3 heterocycles. The highest BCUT2D eigenvalue weighted by molar-refractivity contribution is 7.09. The maximum Gasteiger partial charge on any atom is 0.227 e. The van der Waals surface area contributed by atoms with E-state index in [4.69, 9.17) is 0 Å². The largest absolute Gasteiger partial charge is 0.345 e. The second kappa shape index (κ2) is 6.36. The predicted molar refractivity (Wildman–Crippen MR) is 96.0 cm³/mol. The average molecular weight is 362 g/mol. The van der Waals surface area contributed by atoms with Gasteiger partial charge in [-0.25, -0.2) is 4.98 Å². The van der Waals surface area contributed by atoms with Gasteiger partial charge in [0, 0.05) is 50.7 Å². The van der Waals surface area contributed by atoms with Crippen molar-refractivity contribution in [1.82, 2.24) is 19.7 Å². The fourth-order valence-corrected chi connectivity index (χ4v) is 5.28. The molecule has 2 saturated heterocycles. The summed E-state index contributed by atoms with van der Waals surface area (Å²) in [6, 6.07) is 0.618. The SMILES string of the molecule is CN1C[C@H](C(=O)N2CCC3(CC2)C[C@H]3N(C)Cc2nccs2)CC1=O. The molecule has 3 aliphatic rings. The molecule has 2 aliphatic heterocycles. The normalized spacial score (nSPS) is 28.2. The minimum absolute atomic E-state index is 0.0953. The summed E-state index contributed by atoms with van der Waals surface area (Å²) in [5, 5.41) is 3.20. The first kappa shape index (κ1) is 17.0. The minimum atomic E-state index is -0.130. The molecule has 0 bridgehead atoms. The fourth-order valence-electron chi connectivity index (χ4n) is 4.60.